The Balaban J connectivity index is 1.48. The first-order valence-corrected chi connectivity index (χ1v) is 9.71. The van der Waals surface area contributed by atoms with Crippen molar-refractivity contribution < 1.29 is 24.4 Å². The van der Waals surface area contributed by atoms with Crippen LogP contribution in [-0.2, 0) is 14.2 Å². The lowest BCUT2D eigenvalue weighted by molar-refractivity contribution is -0.199. The summed E-state index contributed by atoms with van der Waals surface area (Å²) in [5, 5.41) is 31.4. The number of rotatable bonds is 4. The Hall–Kier alpha value is -1.85. The molecule has 152 valence electrons. The molecule has 2 saturated heterocycles. The van der Waals surface area contributed by atoms with Crippen LogP contribution >= 0.6 is 0 Å². The Morgan fingerprint density at radius 3 is 2.86 bits per heavy atom. The number of imidazole rings is 1. The van der Waals surface area contributed by atoms with E-state index in [1.54, 1.807) is 12.5 Å². The normalized spacial score (nSPS) is 36.9. The maximum absolute atomic E-state index is 10.1. The highest BCUT2D eigenvalue weighted by molar-refractivity contribution is 5.85. The third kappa shape index (κ3) is 2.87. The second-order valence-corrected chi connectivity index (χ2v) is 8.14. The van der Waals surface area contributed by atoms with Crippen molar-refractivity contribution in [1.82, 2.24) is 19.7 Å². The summed E-state index contributed by atoms with van der Waals surface area (Å²) in [6.07, 6.45) is 3.84. The zero-order chi connectivity index (χ0) is 19.5. The smallest absolute Gasteiger partial charge is 0.177 e. The maximum Gasteiger partial charge on any atom is 0.177 e. The van der Waals surface area contributed by atoms with Crippen molar-refractivity contribution in [3.05, 3.63) is 12.5 Å². The Bertz CT molecular complexity index is 873. The molecule has 3 N–H and O–H groups in total. The molecule has 6 atom stereocenters. The number of hydrogen-bond acceptors (Lipinski definition) is 9. The number of aliphatic hydroxyl groups excluding tert-OH is 2. The van der Waals surface area contributed by atoms with Gasteiger partial charge >= 0.3 is 0 Å². The standard InChI is InChI=1S/C18H25N5O5/c1-18(2)27-14-12(7-24)26-17(15(14)28-18)23-8-19-13-10(23)6-20-22-16(13)21-9-4-3-5-11(9)25/h6,8-9,11-12,14-15,17,24-25H,3-5,7H2,1-2H3,(H,21,22)/t9-,11-,12+,14+,15+,17?/m0/s1. The van der Waals surface area contributed by atoms with Crippen molar-refractivity contribution in [2.45, 2.75) is 75.6 Å². The van der Waals surface area contributed by atoms with Crippen LogP contribution in [0.5, 0.6) is 0 Å². The highest BCUT2D eigenvalue weighted by atomic mass is 16.8. The molecule has 3 fully saturated rings. The fraction of sp³-hybridized carbons (Fsp3) is 0.722. The summed E-state index contributed by atoms with van der Waals surface area (Å²) in [5.41, 5.74) is 1.39. The van der Waals surface area contributed by atoms with Gasteiger partial charge in [-0.05, 0) is 33.1 Å². The maximum atomic E-state index is 10.1. The Morgan fingerprint density at radius 1 is 1.29 bits per heavy atom. The monoisotopic (exact) mass is 391 g/mol. The SMILES string of the molecule is CC1(C)O[C@@H]2[C@@H](CO)OC(n3cnc4c(N[C@H]5CCC[C@@H]5O)nncc43)[C@@H]2O1. The number of aromatic nitrogens is 4. The molecule has 1 saturated carbocycles. The van der Waals surface area contributed by atoms with Gasteiger partial charge in [0, 0.05) is 0 Å². The van der Waals surface area contributed by atoms with Gasteiger partial charge in [-0.15, -0.1) is 5.10 Å². The minimum absolute atomic E-state index is 0.0525. The molecule has 4 heterocycles. The van der Waals surface area contributed by atoms with E-state index in [9.17, 15) is 10.2 Å². The number of ether oxygens (including phenoxy) is 3. The molecule has 2 aliphatic heterocycles. The topological polar surface area (TPSA) is 124 Å². The molecule has 5 rings (SSSR count). The van der Waals surface area contributed by atoms with Gasteiger partial charge in [-0.25, -0.2) is 4.98 Å². The Labute approximate surface area is 161 Å². The second kappa shape index (κ2) is 6.60. The fourth-order valence-corrected chi connectivity index (χ4v) is 4.48. The van der Waals surface area contributed by atoms with Crippen molar-refractivity contribution in [3.8, 4) is 0 Å². The summed E-state index contributed by atoms with van der Waals surface area (Å²) in [5.74, 6) is -0.203. The first-order chi connectivity index (χ1) is 13.5. The van der Waals surface area contributed by atoms with E-state index in [-0.39, 0.29) is 24.9 Å². The van der Waals surface area contributed by atoms with Crippen molar-refractivity contribution in [3.63, 3.8) is 0 Å². The summed E-state index contributed by atoms with van der Waals surface area (Å²) < 4.78 is 19.9. The lowest BCUT2D eigenvalue weighted by Gasteiger charge is -2.24. The van der Waals surface area contributed by atoms with Gasteiger partial charge < -0.3 is 29.7 Å². The van der Waals surface area contributed by atoms with Crippen LogP contribution in [0.15, 0.2) is 12.5 Å². The van der Waals surface area contributed by atoms with Crippen molar-refractivity contribution in [1.29, 1.82) is 0 Å². The molecule has 0 spiro atoms. The molecule has 2 aromatic rings. The van der Waals surface area contributed by atoms with E-state index in [0.29, 0.717) is 11.3 Å². The van der Waals surface area contributed by atoms with Crippen LogP contribution in [0.1, 0.15) is 39.3 Å². The van der Waals surface area contributed by atoms with E-state index in [1.165, 1.54) is 0 Å². The van der Waals surface area contributed by atoms with Gasteiger partial charge in [-0.1, -0.05) is 0 Å². The fourth-order valence-electron chi connectivity index (χ4n) is 4.48. The molecule has 0 amide bonds. The molecular formula is C18H25N5O5. The summed E-state index contributed by atoms with van der Waals surface area (Å²) in [4.78, 5) is 4.51. The number of nitrogens with zero attached hydrogens (tertiary/aromatic N) is 4. The molecule has 10 heteroatoms. The summed E-state index contributed by atoms with van der Waals surface area (Å²) in [6.45, 7) is 3.54. The highest BCUT2D eigenvalue weighted by Gasteiger charge is 2.55. The van der Waals surface area contributed by atoms with Gasteiger partial charge in [0.25, 0.3) is 0 Å². The number of fused-ring (bicyclic) bond motifs is 2. The van der Waals surface area contributed by atoms with Crippen LogP contribution < -0.4 is 5.32 Å². The molecule has 0 radical (unpaired) electrons. The zero-order valence-corrected chi connectivity index (χ0v) is 15.9. The van der Waals surface area contributed by atoms with Gasteiger partial charge in [0.2, 0.25) is 0 Å². The van der Waals surface area contributed by atoms with Gasteiger partial charge in [0.1, 0.15) is 23.8 Å². The van der Waals surface area contributed by atoms with E-state index in [1.807, 2.05) is 18.4 Å². The third-order valence-electron chi connectivity index (χ3n) is 5.78. The van der Waals surface area contributed by atoms with E-state index in [0.717, 1.165) is 24.8 Å². The van der Waals surface area contributed by atoms with Gasteiger partial charge in [0.15, 0.2) is 17.8 Å². The average Bonchev–Trinajstić information content (AvgIpc) is 3.39. The van der Waals surface area contributed by atoms with Gasteiger partial charge in [-0.3, -0.25) is 4.57 Å². The van der Waals surface area contributed by atoms with Gasteiger partial charge in [-0.2, -0.15) is 5.10 Å². The number of anilines is 1. The predicted molar refractivity (Wildman–Crippen MR) is 97.4 cm³/mol. The largest absolute Gasteiger partial charge is 0.394 e. The van der Waals surface area contributed by atoms with Crippen molar-refractivity contribution in [2.24, 2.45) is 0 Å². The Morgan fingerprint density at radius 2 is 2.11 bits per heavy atom. The summed E-state index contributed by atoms with van der Waals surface area (Å²) in [6, 6.07) is -0.0525. The molecule has 1 aliphatic carbocycles. The first-order valence-electron chi connectivity index (χ1n) is 9.71. The third-order valence-corrected chi connectivity index (χ3v) is 5.78. The minimum atomic E-state index is -0.744. The number of aliphatic hydroxyl groups is 2. The first kappa shape index (κ1) is 18.2. The van der Waals surface area contributed by atoms with Crippen LogP contribution in [0.2, 0.25) is 0 Å². The predicted octanol–water partition coefficient (Wildman–Crippen LogP) is 0.561. The molecule has 10 nitrogen and oxygen atoms in total. The molecular weight excluding hydrogens is 366 g/mol. The molecule has 28 heavy (non-hydrogen) atoms. The van der Waals surface area contributed by atoms with Crippen molar-refractivity contribution in [2.75, 3.05) is 11.9 Å². The highest BCUT2D eigenvalue weighted by Crippen LogP contribution is 2.43. The van der Waals surface area contributed by atoms with Crippen LogP contribution in [0.3, 0.4) is 0 Å². The van der Waals surface area contributed by atoms with Crippen LogP contribution in [-0.4, -0.2) is 72.8 Å². The number of nitrogens with one attached hydrogen (secondary N) is 1. The van der Waals surface area contributed by atoms with Crippen molar-refractivity contribution >= 4 is 16.9 Å². The van der Waals surface area contributed by atoms with Gasteiger partial charge in [0.05, 0.1) is 36.8 Å². The van der Waals surface area contributed by atoms with E-state index >= 15 is 0 Å². The summed E-state index contributed by atoms with van der Waals surface area (Å²) in [7, 11) is 0. The van der Waals surface area contributed by atoms with Crippen LogP contribution in [0, 0.1) is 0 Å². The lowest BCUT2D eigenvalue weighted by atomic mass is 10.1. The summed E-state index contributed by atoms with van der Waals surface area (Å²) >= 11 is 0. The van der Waals surface area contributed by atoms with Crippen LogP contribution in [0.25, 0.3) is 11.0 Å². The quantitative estimate of drug-likeness (QED) is 0.686. The molecule has 0 aromatic carbocycles. The van der Waals surface area contributed by atoms with E-state index < -0.39 is 24.2 Å². The van der Waals surface area contributed by atoms with E-state index in [4.69, 9.17) is 14.2 Å². The minimum Gasteiger partial charge on any atom is -0.394 e. The molecule has 0 bridgehead atoms. The lowest BCUT2D eigenvalue weighted by Crippen LogP contribution is -2.31. The van der Waals surface area contributed by atoms with Crippen LogP contribution in [0.4, 0.5) is 5.82 Å². The average molecular weight is 391 g/mol. The number of hydrogen-bond donors (Lipinski definition) is 3. The van der Waals surface area contributed by atoms with E-state index in [2.05, 4.69) is 20.5 Å². The molecule has 3 aliphatic rings. The molecule has 1 unspecified atom stereocenters. The second-order valence-electron chi connectivity index (χ2n) is 8.14. The Kier molecular flexibility index (Phi) is 4.29. The molecule has 2 aromatic heterocycles. The zero-order valence-electron chi connectivity index (χ0n) is 15.9.